The topological polar surface area (TPSA) is 38.0 Å². The minimum Gasteiger partial charge on any atom is -0.324 e. The second-order valence-corrected chi connectivity index (χ2v) is 5.41. The first-order valence-corrected chi connectivity index (χ1v) is 6.22. The SMILES string of the molecule is CCC1(NCC2(N)CCCC2)CCC1. The molecule has 2 heteroatoms. The monoisotopic (exact) mass is 196 g/mol. The molecule has 0 bridgehead atoms. The Balaban J connectivity index is 1.80. The van der Waals surface area contributed by atoms with Gasteiger partial charge in [0, 0.05) is 17.6 Å². The van der Waals surface area contributed by atoms with Crippen LogP contribution < -0.4 is 11.1 Å². The highest BCUT2D eigenvalue weighted by atomic mass is 15.0. The van der Waals surface area contributed by atoms with Gasteiger partial charge in [-0.1, -0.05) is 19.8 Å². The zero-order chi connectivity index (χ0) is 10.1. The van der Waals surface area contributed by atoms with Gasteiger partial charge in [-0.3, -0.25) is 0 Å². The Kier molecular flexibility index (Phi) is 2.85. The van der Waals surface area contributed by atoms with Crippen LogP contribution in [0.25, 0.3) is 0 Å². The Morgan fingerprint density at radius 3 is 2.14 bits per heavy atom. The third-order valence-corrected chi connectivity index (χ3v) is 4.40. The van der Waals surface area contributed by atoms with Crippen LogP contribution in [-0.2, 0) is 0 Å². The number of hydrogen-bond acceptors (Lipinski definition) is 2. The summed E-state index contributed by atoms with van der Waals surface area (Å²) in [6.07, 6.45) is 10.5. The van der Waals surface area contributed by atoms with Crippen molar-refractivity contribution in [3.05, 3.63) is 0 Å². The number of hydrogen-bond donors (Lipinski definition) is 2. The lowest BCUT2D eigenvalue weighted by Crippen LogP contribution is -2.57. The first-order valence-electron chi connectivity index (χ1n) is 6.22. The fourth-order valence-corrected chi connectivity index (χ4v) is 2.88. The van der Waals surface area contributed by atoms with E-state index in [9.17, 15) is 0 Å². The lowest BCUT2D eigenvalue weighted by Gasteiger charge is -2.44. The fraction of sp³-hybridized carbons (Fsp3) is 1.00. The molecule has 2 aliphatic carbocycles. The van der Waals surface area contributed by atoms with Gasteiger partial charge in [0.05, 0.1) is 0 Å². The van der Waals surface area contributed by atoms with Crippen LogP contribution >= 0.6 is 0 Å². The van der Waals surface area contributed by atoms with Gasteiger partial charge in [0.25, 0.3) is 0 Å². The predicted octanol–water partition coefficient (Wildman–Crippen LogP) is 2.18. The molecule has 0 atom stereocenters. The lowest BCUT2D eigenvalue weighted by atomic mass is 9.74. The molecule has 0 heterocycles. The molecular weight excluding hydrogens is 172 g/mol. The van der Waals surface area contributed by atoms with Crippen LogP contribution in [0.3, 0.4) is 0 Å². The van der Waals surface area contributed by atoms with Crippen LogP contribution in [0, 0.1) is 0 Å². The third-order valence-electron chi connectivity index (χ3n) is 4.40. The average molecular weight is 196 g/mol. The van der Waals surface area contributed by atoms with Crippen molar-refractivity contribution in [3.8, 4) is 0 Å². The van der Waals surface area contributed by atoms with Crippen LogP contribution in [0.5, 0.6) is 0 Å². The van der Waals surface area contributed by atoms with Crippen molar-refractivity contribution in [1.29, 1.82) is 0 Å². The van der Waals surface area contributed by atoms with Crippen molar-refractivity contribution < 1.29 is 0 Å². The number of rotatable bonds is 4. The molecule has 0 aliphatic heterocycles. The van der Waals surface area contributed by atoms with Gasteiger partial charge in [0.1, 0.15) is 0 Å². The van der Waals surface area contributed by atoms with Gasteiger partial charge in [-0.05, 0) is 38.5 Å². The second kappa shape index (κ2) is 3.82. The smallest absolute Gasteiger partial charge is 0.0281 e. The Hall–Kier alpha value is -0.0800. The maximum atomic E-state index is 6.34. The summed E-state index contributed by atoms with van der Waals surface area (Å²) in [4.78, 5) is 0. The molecule has 0 amide bonds. The van der Waals surface area contributed by atoms with Crippen molar-refractivity contribution in [1.82, 2.24) is 5.32 Å². The van der Waals surface area contributed by atoms with E-state index in [1.807, 2.05) is 0 Å². The highest BCUT2D eigenvalue weighted by molar-refractivity contribution is 4.99. The zero-order valence-corrected chi connectivity index (χ0v) is 9.44. The van der Waals surface area contributed by atoms with Crippen molar-refractivity contribution in [2.75, 3.05) is 6.54 Å². The highest BCUT2D eigenvalue weighted by Gasteiger charge is 2.37. The average Bonchev–Trinajstić information content (AvgIpc) is 2.52. The van der Waals surface area contributed by atoms with Crippen LogP contribution in [0.4, 0.5) is 0 Å². The van der Waals surface area contributed by atoms with E-state index >= 15 is 0 Å². The van der Waals surface area contributed by atoms with Crippen molar-refractivity contribution in [2.45, 2.75) is 69.4 Å². The molecule has 2 rings (SSSR count). The summed E-state index contributed by atoms with van der Waals surface area (Å²) in [6.45, 7) is 3.34. The molecule has 0 aromatic heterocycles. The summed E-state index contributed by atoms with van der Waals surface area (Å²) < 4.78 is 0. The molecule has 82 valence electrons. The molecule has 2 aliphatic rings. The first-order chi connectivity index (χ1) is 6.68. The number of nitrogens with two attached hydrogens (primary N) is 1. The molecule has 2 fully saturated rings. The molecule has 14 heavy (non-hydrogen) atoms. The summed E-state index contributed by atoms with van der Waals surface area (Å²) in [5, 5.41) is 3.74. The van der Waals surface area contributed by atoms with Crippen LogP contribution in [-0.4, -0.2) is 17.6 Å². The molecular formula is C12H24N2. The molecule has 0 aromatic carbocycles. The summed E-state index contributed by atoms with van der Waals surface area (Å²) in [5.74, 6) is 0. The maximum Gasteiger partial charge on any atom is 0.0281 e. The van der Waals surface area contributed by atoms with Crippen molar-refractivity contribution in [3.63, 3.8) is 0 Å². The minimum atomic E-state index is 0.123. The van der Waals surface area contributed by atoms with Crippen LogP contribution in [0.2, 0.25) is 0 Å². The molecule has 0 aromatic rings. The summed E-state index contributed by atoms with van der Waals surface area (Å²) in [6, 6.07) is 0. The fourth-order valence-electron chi connectivity index (χ4n) is 2.88. The Morgan fingerprint density at radius 1 is 1.07 bits per heavy atom. The zero-order valence-electron chi connectivity index (χ0n) is 9.44. The second-order valence-electron chi connectivity index (χ2n) is 5.41. The van der Waals surface area contributed by atoms with Gasteiger partial charge in [-0.25, -0.2) is 0 Å². The van der Waals surface area contributed by atoms with E-state index in [0.717, 1.165) is 6.54 Å². The van der Waals surface area contributed by atoms with E-state index in [1.165, 1.54) is 51.4 Å². The van der Waals surface area contributed by atoms with Gasteiger partial charge in [-0.2, -0.15) is 0 Å². The summed E-state index contributed by atoms with van der Waals surface area (Å²) in [5.41, 5.74) is 6.93. The van der Waals surface area contributed by atoms with E-state index < -0.39 is 0 Å². The van der Waals surface area contributed by atoms with E-state index in [2.05, 4.69) is 12.2 Å². The van der Waals surface area contributed by atoms with Crippen molar-refractivity contribution in [2.24, 2.45) is 5.73 Å². The van der Waals surface area contributed by atoms with Gasteiger partial charge < -0.3 is 11.1 Å². The molecule has 3 N–H and O–H groups in total. The van der Waals surface area contributed by atoms with Gasteiger partial charge >= 0.3 is 0 Å². The molecule has 0 unspecified atom stereocenters. The van der Waals surface area contributed by atoms with Gasteiger partial charge in [-0.15, -0.1) is 0 Å². The van der Waals surface area contributed by atoms with E-state index in [4.69, 9.17) is 5.73 Å². The van der Waals surface area contributed by atoms with Crippen LogP contribution in [0.1, 0.15) is 58.3 Å². The predicted molar refractivity (Wildman–Crippen MR) is 60.3 cm³/mol. The largest absolute Gasteiger partial charge is 0.324 e. The highest BCUT2D eigenvalue weighted by Crippen LogP contribution is 2.36. The van der Waals surface area contributed by atoms with E-state index in [-0.39, 0.29) is 5.54 Å². The van der Waals surface area contributed by atoms with Crippen LogP contribution in [0.15, 0.2) is 0 Å². The van der Waals surface area contributed by atoms with E-state index in [0.29, 0.717) is 5.54 Å². The van der Waals surface area contributed by atoms with Crippen molar-refractivity contribution >= 4 is 0 Å². The first kappa shape index (κ1) is 10.4. The third kappa shape index (κ3) is 1.96. The standard InChI is InChI=1S/C12H24N2/c1-2-12(8-5-9-12)14-10-11(13)6-3-4-7-11/h14H,2-10,13H2,1H3. The Morgan fingerprint density at radius 2 is 1.71 bits per heavy atom. The Bertz CT molecular complexity index is 183. The normalized spacial score (nSPS) is 28.7. The maximum absolute atomic E-state index is 6.34. The molecule has 0 saturated heterocycles. The molecule has 0 radical (unpaired) electrons. The summed E-state index contributed by atoms with van der Waals surface area (Å²) >= 11 is 0. The summed E-state index contributed by atoms with van der Waals surface area (Å²) in [7, 11) is 0. The molecule has 2 nitrogen and oxygen atoms in total. The number of nitrogens with one attached hydrogen (secondary N) is 1. The Labute approximate surface area is 87.6 Å². The van der Waals surface area contributed by atoms with Gasteiger partial charge in [0.2, 0.25) is 0 Å². The molecule has 0 spiro atoms. The lowest BCUT2D eigenvalue weighted by molar-refractivity contribution is 0.163. The minimum absolute atomic E-state index is 0.123. The quantitative estimate of drug-likeness (QED) is 0.723. The molecule has 2 saturated carbocycles. The van der Waals surface area contributed by atoms with E-state index in [1.54, 1.807) is 0 Å². The van der Waals surface area contributed by atoms with Gasteiger partial charge in [0.15, 0.2) is 0 Å².